The van der Waals surface area contributed by atoms with Crippen LogP contribution in [0.1, 0.15) is 25.0 Å². The highest BCUT2D eigenvalue weighted by atomic mass is 16.6. The molecule has 130 valence electrons. The number of aromatic amines is 1. The Bertz CT molecular complexity index is 639. The second-order valence-electron chi connectivity index (χ2n) is 6.78. The van der Waals surface area contributed by atoms with Crippen molar-refractivity contribution in [3.8, 4) is 0 Å². The van der Waals surface area contributed by atoms with Crippen LogP contribution in [0.4, 0.5) is 5.69 Å². The zero-order chi connectivity index (χ0) is 16.5. The van der Waals surface area contributed by atoms with Crippen molar-refractivity contribution < 1.29 is 9.66 Å². The number of amidine groups is 1. The van der Waals surface area contributed by atoms with E-state index in [-0.39, 0.29) is 17.8 Å². The fraction of sp³-hybridized carbons (Fsp3) is 0.733. The molecular formula is C15H22N6O3. The molecule has 9 nitrogen and oxygen atoms in total. The van der Waals surface area contributed by atoms with Crippen LogP contribution in [0, 0.1) is 16.0 Å². The monoisotopic (exact) mass is 334 g/mol. The normalized spacial score (nSPS) is 30.5. The van der Waals surface area contributed by atoms with E-state index in [2.05, 4.69) is 25.4 Å². The van der Waals surface area contributed by atoms with Crippen molar-refractivity contribution in [3.63, 3.8) is 0 Å². The Kier molecular flexibility index (Phi) is 4.19. The molecule has 1 aromatic rings. The van der Waals surface area contributed by atoms with Gasteiger partial charge in [-0.3, -0.25) is 25.1 Å². The van der Waals surface area contributed by atoms with Gasteiger partial charge in [-0.1, -0.05) is 0 Å². The standard InChI is InChI=1S/C15H22N6O3/c22-21(23)13-8-16-19-14(13)15-17-11-2-1-10(7-12(11)18-15)9-20-3-5-24-6-4-20/h8,10-12H,1-7,9H2,(H,16,19)(H,17,18)/t10?,11?,12-/m0/s1. The summed E-state index contributed by atoms with van der Waals surface area (Å²) in [5.74, 6) is 1.23. The zero-order valence-corrected chi connectivity index (χ0v) is 13.5. The first-order chi connectivity index (χ1) is 11.7. The Morgan fingerprint density at radius 1 is 1.38 bits per heavy atom. The molecular weight excluding hydrogens is 312 g/mol. The van der Waals surface area contributed by atoms with Crippen LogP contribution >= 0.6 is 0 Å². The minimum absolute atomic E-state index is 0.0234. The first-order valence-electron chi connectivity index (χ1n) is 8.53. The molecule has 9 heteroatoms. The van der Waals surface area contributed by atoms with Gasteiger partial charge in [-0.25, -0.2) is 0 Å². The number of morpholine rings is 1. The first kappa shape index (κ1) is 15.5. The van der Waals surface area contributed by atoms with Crippen molar-refractivity contribution in [3.05, 3.63) is 22.0 Å². The molecule has 0 amide bonds. The van der Waals surface area contributed by atoms with E-state index < -0.39 is 4.92 Å². The Morgan fingerprint density at radius 3 is 3.00 bits per heavy atom. The lowest BCUT2D eigenvalue weighted by atomic mass is 9.83. The number of ether oxygens (including phenoxy) is 1. The number of aromatic nitrogens is 2. The fourth-order valence-corrected chi connectivity index (χ4v) is 3.97. The number of rotatable bonds is 4. The third kappa shape index (κ3) is 3.01. The molecule has 0 radical (unpaired) electrons. The van der Waals surface area contributed by atoms with Gasteiger partial charge in [0.1, 0.15) is 6.20 Å². The van der Waals surface area contributed by atoms with Gasteiger partial charge in [-0.15, -0.1) is 0 Å². The molecule has 24 heavy (non-hydrogen) atoms. The maximum Gasteiger partial charge on any atom is 0.317 e. The molecule has 3 heterocycles. The number of hydrogen-bond donors (Lipinski definition) is 2. The van der Waals surface area contributed by atoms with Gasteiger partial charge in [-0.2, -0.15) is 5.10 Å². The number of fused-ring (bicyclic) bond motifs is 1. The van der Waals surface area contributed by atoms with Crippen molar-refractivity contribution >= 4 is 11.5 Å². The van der Waals surface area contributed by atoms with E-state index in [9.17, 15) is 10.1 Å². The van der Waals surface area contributed by atoms with Crippen LogP contribution < -0.4 is 5.32 Å². The quantitative estimate of drug-likeness (QED) is 0.614. The summed E-state index contributed by atoms with van der Waals surface area (Å²) in [5, 5.41) is 21.0. The number of aliphatic imine (C=N–C) groups is 1. The van der Waals surface area contributed by atoms with E-state index in [1.165, 1.54) is 6.20 Å². The predicted molar refractivity (Wildman–Crippen MR) is 87.1 cm³/mol. The first-order valence-corrected chi connectivity index (χ1v) is 8.53. The minimum atomic E-state index is -0.424. The third-order valence-electron chi connectivity index (χ3n) is 5.21. The largest absolute Gasteiger partial charge is 0.379 e. The van der Waals surface area contributed by atoms with Crippen LogP contribution in [0.2, 0.25) is 0 Å². The summed E-state index contributed by atoms with van der Waals surface area (Å²) in [7, 11) is 0. The average molecular weight is 334 g/mol. The van der Waals surface area contributed by atoms with Gasteiger partial charge < -0.3 is 10.1 Å². The van der Waals surface area contributed by atoms with Gasteiger partial charge in [0.05, 0.1) is 30.2 Å². The predicted octanol–water partition coefficient (Wildman–Crippen LogP) is 0.537. The number of H-pyrrole nitrogens is 1. The molecule has 2 unspecified atom stereocenters. The van der Waals surface area contributed by atoms with Crippen LogP contribution in [-0.4, -0.2) is 70.8 Å². The Morgan fingerprint density at radius 2 is 2.21 bits per heavy atom. The van der Waals surface area contributed by atoms with Crippen molar-refractivity contribution in [2.24, 2.45) is 10.9 Å². The van der Waals surface area contributed by atoms with E-state index in [4.69, 9.17) is 4.74 Å². The second-order valence-corrected chi connectivity index (χ2v) is 6.78. The van der Waals surface area contributed by atoms with E-state index in [0.717, 1.165) is 52.1 Å². The molecule has 2 N–H and O–H groups in total. The van der Waals surface area contributed by atoms with Crippen LogP contribution in [0.5, 0.6) is 0 Å². The maximum atomic E-state index is 11.1. The Balaban J connectivity index is 1.39. The highest BCUT2D eigenvalue weighted by molar-refractivity contribution is 6.01. The highest BCUT2D eigenvalue weighted by Gasteiger charge is 2.38. The molecule has 2 aliphatic heterocycles. The molecule has 0 bridgehead atoms. The summed E-state index contributed by atoms with van der Waals surface area (Å²) in [6.45, 7) is 4.79. The van der Waals surface area contributed by atoms with E-state index in [1.54, 1.807) is 0 Å². The number of nitrogens with zero attached hydrogens (tertiary/aromatic N) is 4. The van der Waals surface area contributed by atoms with Gasteiger partial charge >= 0.3 is 5.69 Å². The summed E-state index contributed by atoms with van der Waals surface area (Å²) in [4.78, 5) is 17.8. The minimum Gasteiger partial charge on any atom is -0.379 e. The van der Waals surface area contributed by atoms with Gasteiger partial charge in [0.15, 0.2) is 11.5 Å². The molecule has 0 aromatic carbocycles. The molecule has 0 spiro atoms. The molecule has 2 fully saturated rings. The van der Waals surface area contributed by atoms with Crippen LogP contribution in [0.25, 0.3) is 0 Å². The number of nitrogens with one attached hydrogen (secondary N) is 2. The highest BCUT2D eigenvalue weighted by Crippen LogP contribution is 2.31. The zero-order valence-electron chi connectivity index (χ0n) is 13.5. The molecule has 1 saturated carbocycles. The molecule has 4 rings (SSSR count). The maximum absolute atomic E-state index is 11.1. The van der Waals surface area contributed by atoms with Crippen molar-refractivity contribution in [2.45, 2.75) is 31.3 Å². The molecule has 1 saturated heterocycles. The SMILES string of the molecule is O=[N+]([O-])c1cn[nH]c1C1=NC2CCC(CN3CCOCC3)C[C@@H]2N1. The lowest BCUT2D eigenvalue weighted by Crippen LogP contribution is -2.45. The Labute approximate surface area is 139 Å². The van der Waals surface area contributed by atoms with Gasteiger partial charge in [0, 0.05) is 19.6 Å². The van der Waals surface area contributed by atoms with E-state index in [1.807, 2.05) is 0 Å². The van der Waals surface area contributed by atoms with E-state index >= 15 is 0 Å². The van der Waals surface area contributed by atoms with Crippen LogP contribution in [0.15, 0.2) is 11.2 Å². The fourth-order valence-electron chi connectivity index (χ4n) is 3.97. The van der Waals surface area contributed by atoms with Crippen LogP contribution in [0.3, 0.4) is 0 Å². The second kappa shape index (κ2) is 6.48. The summed E-state index contributed by atoms with van der Waals surface area (Å²) in [6, 6.07) is 0.478. The lowest BCUT2D eigenvalue weighted by molar-refractivity contribution is -0.385. The topological polar surface area (TPSA) is 109 Å². The average Bonchev–Trinajstić information content (AvgIpc) is 3.22. The molecule has 3 aliphatic rings. The van der Waals surface area contributed by atoms with Gasteiger partial charge in [0.2, 0.25) is 0 Å². The summed E-state index contributed by atoms with van der Waals surface area (Å²) in [5.41, 5.74) is 0.365. The summed E-state index contributed by atoms with van der Waals surface area (Å²) in [6.07, 6.45) is 4.47. The summed E-state index contributed by atoms with van der Waals surface area (Å²) >= 11 is 0. The van der Waals surface area contributed by atoms with Crippen molar-refractivity contribution in [1.82, 2.24) is 20.4 Å². The van der Waals surface area contributed by atoms with Gasteiger partial charge in [0.25, 0.3) is 0 Å². The molecule has 1 aliphatic carbocycles. The van der Waals surface area contributed by atoms with Crippen molar-refractivity contribution in [1.29, 1.82) is 0 Å². The third-order valence-corrected chi connectivity index (χ3v) is 5.21. The van der Waals surface area contributed by atoms with Crippen LogP contribution in [-0.2, 0) is 4.74 Å². The Hall–Kier alpha value is -2.00. The lowest BCUT2D eigenvalue weighted by Gasteiger charge is -2.35. The van der Waals surface area contributed by atoms with Gasteiger partial charge in [-0.05, 0) is 25.2 Å². The number of hydrogen-bond acceptors (Lipinski definition) is 7. The smallest absolute Gasteiger partial charge is 0.317 e. The van der Waals surface area contributed by atoms with Crippen molar-refractivity contribution in [2.75, 3.05) is 32.8 Å². The summed E-state index contributed by atoms with van der Waals surface area (Å²) < 4.78 is 5.41. The molecule has 3 atom stereocenters. The molecule has 1 aromatic heterocycles. The number of nitro groups is 1. The van der Waals surface area contributed by atoms with E-state index in [0.29, 0.717) is 17.4 Å².